The van der Waals surface area contributed by atoms with Crippen LogP contribution in [0.25, 0.3) is 17.0 Å². The molecule has 1 aromatic carbocycles. The van der Waals surface area contributed by atoms with Gasteiger partial charge in [0.2, 0.25) is 0 Å². The highest BCUT2D eigenvalue weighted by Crippen LogP contribution is 2.36. The molecule has 0 amide bonds. The predicted octanol–water partition coefficient (Wildman–Crippen LogP) is 3.32. The zero-order valence-electron chi connectivity index (χ0n) is 17.2. The summed E-state index contributed by atoms with van der Waals surface area (Å²) >= 11 is 0. The van der Waals surface area contributed by atoms with Gasteiger partial charge in [-0.3, -0.25) is 14.3 Å². The van der Waals surface area contributed by atoms with E-state index in [-0.39, 0.29) is 11.6 Å². The molecule has 1 fully saturated rings. The fraction of sp³-hybridized carbons (Fsp3) is 0.375. The summed E-state index contributed by atoms with van der Waals surface area (Å²) < 4.78 is 1.66. The Balaban J connectivity index is 1.71. The number of likely N-dealkylation sites (N-methyl/N-ethyl adjacent to an activating group) is 1. The van der Waals surface area contributed by atoms with Crippen molar-refractivity contribution in [3.8, 4) is 0 Å². The fourth-order valence-corrected chi connectivity index (χ4v) is 4.85. The van der Waals surface area contributed by atoms with Crippen molar-refractivity contribution in [3.63, 3.8) is 0 Å². The van der Waals surface area contributed by atoms with Gasteiger partial charge in [0.1, 0.15) is 5.52 Å². The minimum atomic E-state index is -0.492. The topological polar surface area (TPSA) is 71.2 Å². The van der Waals surface area contributed by atoms with E-state index in [1.54, 1.807) is 17.1 Å². The maximum absolute atomic E-state index is 13.5. The third kappa shape index (κ3) is 3.21. The van der Waals surface area contributed by atoms with Gasteiger partial charge in [-0.05, 0) is 42.5 Å². The lowest BCUT2D eigenvalue weighted by Crippen LogP contribution is -2.35. The molecule has 154 valence electrons. The van der Waals surface area contributed by atoms with Crippen molar-refractivity contribution in [1.29, 1.82) is 0 Å². The first-order valence-corrected chi connectivity index (χ1v) is 10.6. The molecule has 1 saturated carbocycles. The number of hydrogen-bond donors (Lipinski definition) is 1. The van der Waals surface area contributed by atoms with Gasteiger partial charge in [0.25, 0.3) is 5.56 Å². The van der Waals surface area contributed by atoms with Crippen LogP contribution < -0.4 is 10.5 Å². The molecule has 6 heteroatoms. The predicted molar refractivity (Wildman–Crippen MR) is 119 cm³/mol. The Kier molecular flexibility index (Phi) is 4.87. The van der Waals surface area contributed by atoms with Crippen LogP contribution in [0.5, 0.6) is 0 Å². The molecule has 1 aliphatic carbocycles. The Morgan fingerprint density at radius 1 is 1.27 bits per heavy atom. The van der Waals surface area contributed by atoms with Gasteiger partial charge in [-0.15, -0.1) is 0 Å². The van der Waals surface area contributed by atoms with Crippen LogP contribution in [0.3, 0.4) is 0 Å². The molecule has 2 unspecified atom stereocenters. The van der Waals surface area contributed by atoms with E-state index in [0.717, 1.165) is 60.1 Å². The van der Waals surface area contributed by atoms with Crippen molar-refractivity contribution < 1.29 is 5.11 Å². The average molecular weight is 402 g/mol. The fourth-order valence-electron chi connectivity index (χ4n) is 4.85. The number of rotatable bonds is 3. The summed E-state index contributed by atoms with van der Waals surface area (Å²) in [6, 6.07) is 5.79. The van der Waals surface area contributed by atoms with Crippen molar-refractivity contribution in [1.82, 2.24) is 14.5 Å². The first-order chi connectivity index (χ1) is 14.6. The summed E-state index contributed by atoms with van der Waals surface area (Å²) in [5.41, 5.74) is 4.98. The number of aliphatic hydroxyl groups is 1. The molecular formula is C24H26N4O2. The molecule has 0 saturated heterocycles. The molecule has 0 radical (unpaired) electrons. The summed E-state index contributed by atoms with van der Waals surface area (Å²) in [5, 5.41) is 11.1. The quantitative estimate of drug-likeness (QED) is 0.728. The highest BCUT2D eigenvalue weighted by molar-refractivity contribution is 5.97. The van der Waals surface area contributed by atoms with E-state index in [9.17, 15) is 9.90 Å². The van der Waals surface area contributed by atoms with Gasteiger partial charge in [-0.2, -0.15) is 0 Å². The molecule has 2 atom stereocenters. The summed E-state index contributed by atoms with van der Waals surface area (Å²) in [4.78, 5) is 24.6. The summed E-state index contributed by atoms with van der Waals surface area (Å²) in [5.74, 6) is 0. The van der Waals surface area contributed by atoms with Crippen LogP contribution >= 0.6 is 0 Å². The minimum Gasteiger partial charge on any atom is -0.391 e. The lowest BCUT2D eigenvalue weighted by atomic mass is 9.92. The van der Waals surface area contributed by atoms with E-state index in [1.165, 1.54) is 0 Å². The molecule has 2 aromatic heterocycles. The molecule has 1 aliphatic heterocycles. The number of aromatic nitrogens is 3. The number of nitrogens with zero attached hydrogens (tertiary/aromatic N) is 4. The van der Waals surface area contributed by atoms with E-state index in [1.807, 2.05) is 25.4 Å². The van der Waals surface area contributed by atoms with Gasteiger partial charge in [0, 0.05) is 31.5 Å². The molecule has 1 N–H and O–H groups in total. The second-order valence-corrected chi connectivity index (χ2v) is 8.39. The van der Waals surface area contributed by atoms with Gasteiger partial charge in [-0.25, -0.2) is 4.98 Å². The summed E-state index contributed by atoms with van der Waals surface area (Å²) in [6.45, 7) is 0.782. The van der Waals surface area contributed by atoms with E-state index in [0.29, 0.717) is 11.8 Å². The molecule has 0 bridgehead atoms. The lowest BCUT2D eigenvalue weighted by molar-refractivity contribution is 0.0735. The van der Waals surface area contributed by atoms with Crippen molar-refractivity contribution >= 4 is 22.7 Å². The first kappa shape index (κ1) is 19.0. The first-order valence-electron chi connectivity index (χ1n) is 10.6. The van der Waals surface area contributed by atoms with Crippen LogP contribution in [-0.4, -0.2) is 39.3 Å². The zero-order chi connectivity index (χ0) is 20.7. The van der Waals surface area contributed by atoms with Crippen LogP contribution in [0, 0.1) is 0 Å². The maximum atomic E-state index is 13.5. The van der Waals surface area contributed by atoms with Gasteiger partial charge in [0.05, 0.1) is 29.5 Å². The Labute approximate surface area is 175 Å². The van der Waals surface area contributed by atoms with Crippen molar-refractivity contribution in [2.75, 3.05) is 18.5 Å². The van der Waals surface area contributed by atoms with E-state index >= 15 is 0 Å². The number of anilines is 1. The van der Waals surface area contributed by atoms with Crippen LogP contribution in [-0.2, 0) is 6.42 Å². The molecular weight excluding hydrogens is 376 g/mol. The van der Waals surface area contributed by atoms with Gasteiger partial charge in [0.15, 0.2) is 0 Å². The van der Waals surface area contributed by atoms with Gasteiger partial charge < -0.3 is 10.0 Å². The zero-order valence-corrected chi connectivity index (χ0v) is 17.2. The monoisotopic (exact) mass is 402 g/mol. The molecule has 3 heterocycles. The Hall–Kier alpha value is -2.99. The van der Waals surface area contributed by atoms with E-state index in [2.05, 4.69) is 28.1 Å². The molecule has 0 spiro atoms. The number of benzene rings is 1. The Morgan fingerprint density at radius 3 is 2.93 bits per heavy atom. The van der Waals surface area contributed by atoms with E-state index in [4.69, 9.17) is 4.98 Å². The Bertz CT molecular complexity index is 1170. The maximum Gasteiger partial charge on any atom is 0.261 e. The number of aliphatic hydroxyl groups excluding tert-OH is 1. The molecule has 3 aromatic rings. The molecule has 5 rings (SSSR count). The van der Waals surface area contributed by atoms with Crippen molar-refractivity contribution in [3.05, 3.63) is 70.0 Å². The van der Waals surface area contributed by atoms with Crippen LogP contribution in [0.15, 0.2) is 47.8 Å². The van der Waals surface area contributed by atoms with Crippen LogP contribution in [0.1, 0.15) is 48.4 Å². The Morgan fingerprint density at radius 2 is 2.13 bits per heavy atom. The number of fused-ring (bicyclic) bond motifs is 3. The third-order valence-electron chi connectivity index (χ3n) is 6.39. The molecule has 2 aliphatic rings. The highest BCUT2D eigenvalue weighted by Gasteiger charge is 2.27. The second-order valence-electron chi connectivity index (χ2n) is 8.39. The van der Waals surface area contributed by atoms with Crippen molar-refractivity contribution in [2.24, 2.45) is 0 Å². The highest BCUT2D eigenvalue weighted by atomic mass is 16.3. The molecule has 6 nitrogen and oxygen atoms in total. The third-order valence-corrected chi connectivity index (χ3v) is 6.39. The van der Waals surface area contributed by atoms with Gasteiger partial charge in [-0.1, -0.05) is 31.1 Å². The summed E-state index contributed by atoms with van der Waals surface area (Å²) in [7, 11) is 2.04. The summed E-state index contributed by atoms with van der Waals surface area (Å²) in [6.07, 6.45) is 13.3. The largest absolute Gasteiger partial charge is 0.391 e. The second kappa shape index (κ2) is 7.69. The van der Waals surface area contributed by atoms with Crippen LogP contribution in [0.2, 0.25) is 0 Å². The average Bonchev–Trinajstić information content (AvgIpc) is 2.76. The van der Waals surface area contributed by atoms with Crippen molar-refractivity contribution in [2.45, 2.75) is 44.2 Å². The number of pyridine rings is 1. The smallest absolute Gasteiger partial charge is 0.261 e. The van der Waals surface area contributed by atoms with E-state index < -0.39 is 6.10 Å². The van der Waals surface area contributed by atoms with Crippen LogP contribution in [0.4, 0.5) is 5.69 Å². The lowest BCUT2D eigenvalue weighted by Gasteiger charge is -2.30. The SMILES string of the molecule is CN1CC=Cc2c(Cc3cccnc3)cc3c(=O)n(C4CCCCC4O)cnc3c21. The minimum absolute atomic E-state index is 0.0656. The normalized spacial score (nSPS) is 21.1. The molecule has 30 heavy (non-hydrogen) atoms. The van der Waals surface area contributed by atoms with Gasteiger partial charge >= 0.3 is 0 Å². The standard InChI is InChI=1S/C24H26N4O2/c1-27-11-5-7-18-17(12-16-6-4-10-25-14-16)13-19-22(23(18)27)26-15-28(24(19)30)20-8-2-3-9-21(20)29/h4-7,10,13-15,20-21,29H,2-3,8-9,11-12H2,1H3. The number of hydrogen-bond acceptors (Lipinski definition) is 5.